The number of amides is 1. The summed E-state index contributed by atoms with van der Waals surface area (Å²) in [6, 6.07) is 0. The SMILES string of the molecule is C=C(C)[C@H]1CC(=O)[C@@H](C)[C@H](C(N)=O)C1. The minimum Gasteiger partial charge on any atom is -0.369 e. The maximum absolute atomic E-state index is 11.6. The molecule has 3 heteroatoms. The predicted molar refractivity (Wildman–Crippen MR) is 54.4 cm³/mol. The van der Waals surface area contributed by atoms with Crippen molar-refractivity contribution in [2.45, 2.75) is 26.7 Å². The Bertz CT molecular complexity index is 283. The third-order valence-corrected chi connectivity index (χ3v) is 3.16. The first kappa shape index (κ1) is 11.0. The van der Waals surface area contributed by atoms with Crippen LogP contribution in [0.15, 0.2) is 12.2 Å². The van der Waals surface area contributed by atoms with Crippen LogP contribution in [0.1, 0.15) is 26.7 Å². The average molecular weight is 195 g/mol. The summed E-state index contributed by atoms with van der Waals surface area (Å²) < 4.78 is 0. The third kappa shape index (κ3) is 2.03. The van der Waals surface area contributed by atoms with Gasteiger partial charge in [-0.25, -0.2) is 0 Å². The highest BCUT2D eigenvalue weighted by Crippen LogP contribution is 2.34. The van der Waals surface area contributed by atoms with Crippen molar-refractivity contribution >= 4 is 11.7 Å². The number of hydrogen-bond donors (Lipinski definition) is 1. The molecular formula is C11H17NO2. The number of allylic oxidation sites excluding steroid dienone is 1. The molecule has 0 bridgehead atoms. The third-order valence-electron chi connectivity index (χ3n) is 3.16. The molecule has 1 aliphatic carbocycles. The normalized spacial score (nSPS) is 32.7. The van der Waals surface area contributed by atoms with Gasteiger partial charge in [-0.05, 0) is 19.3 Å². The molecule has 0 aromatic carbocycles. The van der Waals surface area contributed by atoms with E-state index in [-0.39, 0.29) is 29.4 Å². The highest BCUT2D eigenvalue weighted by molar-refractivity contribution is 5.89. The number of carbonyl (C=O) groups excluding carboxylic acids is 2. The topological polar surface area (TPSA) is 60.2 Å². The second kappa shape index (κ2) is 3.95. The number of rotatable bonds is 2. The lowest BCUT2D eigenvalue weighted by Crippen LogP contribution is -2.39. The van der Waals surface area contributed by atoms with E-state index in [1.807, 2.05) is 6.92 Å². The van der Waals surface area contributed by atoms with E-state index in [2.05, 4.69) is 6.58 Å². The van der Waals surface area contributed by atoms with Crippen molar-refractivity contribution < 1.29 is 9.59 Å². The van der Waals surface area contributed by atoms with Gasteiger partial charge >= 0.3 is 0 Å². The summed E-state index contributed by atoms with van der Waals surface area (Å²) in [5.41, 5.74) is 6.23. The molecule has 0 aromatic heterocycles. The first-order chi connectivity index (χ1) is 6.43. The van der Waals surface area contributed by atoms with E-state index >= 15 is 0 Å². The molecule has 78 valence electrons. The molecule has 0 heterocycles. The molecule has 0 radical (unpaired) electrons. The molecule has 14 heavy (non-hydrogen) atoms. The second-order valence-corrected chi connectivity index (χ2v) is 4.25. The molecule has 0 saturated heterocycles. The molecule has 2 N–H and O–H groups in total. The molecule has 0 aromatic rings. The lowest BCUT2D eigenvalue weighted by atomic mass is 9.72. The summed E-state index contributed by atoms with van der Waals surface area (Å²) in [6.45, 7) is 7.51. The minimum absolute atomic E-state index is 0.132. The number of primary amides is 1. The first-order valence-electron chi connectivity index (χ1n) is 4.91. The molecule has 0 spiro atoms. The highest BCUT2D eigenvalue weighted by atomic mass is 16.1. The van der Waals surface area contributed by atoms with E-state index in [0.717, 1.165) is 5.57 Å². The molecule has 3 nitrogen and oxygen atoms in total. The van der Waals surface area contributed by atoms with Crippen LogP contribution in [0.5, 0.6) is 0 Å². The summed E-state index contributed by atoms with van der Waals surface area (Å²) in [4.78, 5) is 22.7. The summed E-state index contributed by atoms with van der Waals surface area (Å²) in [5, 5.41) is 0. The standard InChI is InChI=1S/C11H17NO2/c1-6(2)8-4-9(11(12)14)7(3)10(13)5-8/h7-9H,1,4-5H2,2-3H3,(H2,12,14)/t7-,8+,9+/m0/s1. The molecule has 0 unspecified atom stereocenters. The number of carbonyl (C=O) groups is 2. The fourth-order valence-electron chi connectivity index (χ4n) is 1.99. The van der Waals surface area contributed by atoms with Crippen LogP contribution in [0.25, 0.3) is 0 Å². The number of Topliss-reactive ketones (excluding diaryl/α,β-unsaturated/α-hetero) is 1. The minimum atomic E-state index is -0.364. The second-order valence-electron chi connectivity index (χ2n) is 4.25. The van der Waals surface area contributed by atoms with Crippen molar-refractivity contribution in [1.29, 1.82) is 0 Å². The Morgan fingerprint density at radius 2 is 2.14 bits per heavy atom. The van der Waals surface area contributed by atoms with Crippen LogP contribution < -0.4 is 5.73 Å². The maximum Gasteiger partial charge on any atom is 0.221 e. The van der Waals surface area contributed by atoms with Crippen molar-refractivity contribution in [3.8, 4) is 0 Å². The van der Waals surface area contributed by atoms with E-state index in [1.54, 1.807) is 6.92 Å². The smallest absolute Gasteiger partial charge is 0.221 e. The van der Waals surface area contributed by atoms with E-state index in [0.29, 0.717) is 12.8 Å². The molecule has 1 fully saturated rings. The summed E-state index contributed by atoms with van der Waals surface area (Å²) in [7, 11) is 0. The van der Waals surface area contributed by atoms with Crippen molar-refractivity contribution in [2.75, 3.05) is 0 Å². The van der Waals surface area contributed by atoms with Crippen molar-refractivity contribution in [3.63, 3.8) is 0 Å². The Hall–Kier alpha value is -1.12. The van der Waals surface area contributed by atoms with Gasteiger partial charge < -0.3 is 5.73 Å². The van der Waals surface area contributed by atoms with E-state index < -0.39 is 0 Å². The van der Waals surface area contributed by atoms with Gasteiger partial charge in [-0.3, -0.25) is 9.59 Å². The maximum atomic E-state index is 11.6. The molecule has 1 rings (SSSR count). The van der Waals surface area contributed by atoms with Crippen LogP contribution in [0.4, 0.5) is 0 Å². The summed E-state index contributed by atoms with van der Waals surface area (Å²) >= 11 is 0. The average Bonchev–Trinajstić information content (AvgIpc) is 2.08. The van der Waals surface area contributed by atoms with Crippen LogP contribution in [0.2, 0.25) is 0 Å². The largest absolute Gasteiger partial charge is 0.369 e. The zero-order chi connectivity index (χ0) is 10.9. The van der Waals surface area contributed by atoms with Gasteiger partial charge in [0.25, 0.3) is 0 Å². The molecule has 1 aliphatic rings. The summed E-state index contributed by atoms with van der Waals surface area (Å²) in [5.74, 6) is -0.623. The first-order valence-corrected chi connectivity index (χ1v) is 4.91. The zero-order valence-electron chi connectivity index (χ0n) is 8.75. The van der Waals surface area contributed by atoms with E-state index in [4.69, 9.17) is 5.73 Å². The Morgan fingerprint density at radius 1 is 1.57 bits per heavy atom. The van der Waals surface area contributed by atoms with Gasteiger partial charge in [0.15, 0.2) is 0 Å². The van der Waals surface area contributed by atoms with Gasteiger partial charge in [-0.1, -0.05) is 19.1 Å². The highest BCUT2D eigenvalue weighted by Gasteiger charge is 2.36. The van der Waals surface area contributed by atoms with Crippen LogP contribution in [-0.4, -0.2) is 11.7 Å². The van der Waals surface area contributed by atoms with Crippen LogP contribution in [-0.2, 0) is 9.59 Å². The lowest BCUT2D eigenvalue weighted by Gasteiger charge is -2.31. The van der Waals surface area contributed by atoms with Gasteiger partial charge in [0.1, 0.15) is 5.78 Å². The molecule has 1 saturated carbocycles. The fourth-order valence-corrected chi connectivity index (χ4v) is 1.99. The Kier molecular flexibility index (Phi) is 3.09. The van der Waals surface area contributed by atoms with Gasteiger partial charge in [0.2, 0.25) is 5.91 Å². The number of ketones is 1. The molecule has 0 aliphatic heterocycles. The van der Waals surface area contributed by atoms with E-state index in [1.165, 1.54) is 0 Å². The Balaban J connectivity index is 2.81. The number of hydrogen-bond acceptors (Lipinski definition) is 2. The quantitative estimate of drug-likeness (QED) is 0.675. The Labute approximate surface area is 84.4 Å². The van der Waals surface area contributed by atoms with Gasteiger partial charge in [-0.2, -0.15) is 0 Å². The van der Waals surface area contributed by atoms with Crippen molar-refractivity contribution in [1.82, 2.24) is 0 Å². The molecule has 1 amide bonds. The number of nitrogens with two attached hydrogens (primary N) is 1. The van der Waals surface area contributed by atoms with Crippen molar-refractivity contribution in [3.05, 3.63) is 12.2 Å². The predicted octanol–water partition coefficient (Wildman–Crippen LogP) is 1.28. The van der Waals surface area contributed by atoms with Gasteiger partial charge in [0.05, 0.1) is 0 Å². The monoisotopic (exact) mass is 195 g/mol. The molecular weight excluding hydrogens is 178 g/mol. The van der Waals surface area contributed by atoms with Crippen LogP contribution >= 0.6 is 0 Å². The summed E-state index contributed by atoms with van der Waals surface area (Å²) in [6.07, 6.45) is 1.19. The molecule has 3 atom stereocenters. The van der Waals surface area contributed by atoms with Crippen LogP contribution in [0.3, 0.4) is 0 Å². The van der Waals surface area contributed by atoms with Gasteiger partial charge in [0, 0.05) is 18.3 Å². The van der Waals surface area contributed by atoms with Crippen molar-refractivity contribution in [2.24, 2.45) is 23.5 Å². The van der Waals surface area contributed by atoms with E-state index in [9.17, 15) is 9.59 Å². The lowest BCUT2D eigenvalue weighted by molar-refractivity contribution is -0.135. The zero-order valence-corrected chi connectivity index (χ0v) is 8.75. The Morgan fingerprint density at radius 3 is 2.57 bits per heavy atom. The van der Waals surface area contributed by atoms with Gasteiger partial charge in [-0.15, -0.1) is 0 Å². The van der Waals surface area contributed by atoms with Crippen LogP contribution in [0, 0.1) is 17.8 Å². The fraction of sp³-hybridized carbons (Fsp3) is 0.636.